The van der Waals surface area contributed by atoms with Crippen molar-refractivity contribution in [2.75, 3.05) is 36.9 Å². The van der Waals surface area contributed by atoms with Gasteiger partial charge in [0, 0.05) is 32.1 Å². The lowest BCUT2D eigenvalue weighted by Gasteiger charge is -2.22. The Kier molecular flexibility index (Phi) is 4.76. The van der Waals surface area contributed by atoms with Gasteiger partial charge >= 0.3 is 0 Å². The summed E-state index contributed by atoms with van der Waals surface area (Å²) in [7, 11) is 1.85. The zero-order valence-corrected chi connectivity index (χ0v) is 12.4. The molecule has 0 saturated heterocycles. The Balaban J connectivity index is 2.19. The molecule has 1 aromatic rings. The Morgan fingerprint density at radius 1 is 1.40 bits per heavy atom. The third kappa shape index (κ3) is 3.59. The molecular weight excluding hydrogens is 254 g/mol. The molecule has 1 aromatic heterocycles. The average molecular weight is 277 g/mol. The predicted molar refractivity (Wildman–Crippen MR) is 80.1 cm³/mol. The van der Waals surface area contributed by atoms with E-state index in [1.165, 1.54) is 0 Å². The number of aromatic nitrogens is 2. The van der Waals surface area contributed by atoms with Gasteiger partial charge in [0.1, 0.15) is 17.5 Å². The lowest BCUT2D eigenvalue weighted by molar-refractivity contribution is -0.119. The number of nitrogens with one attached hydrogen (secondary N) is 2. The maximum Gasteiger partial charge on any atom is 0.239 e. The Morgan fingerprint density at radius 3 is 2.70 bits per heavy atom. The Hall–Kier alpha value is -1.85. The molecule has 0 radical (unpaired) electrons. The van der Waals surface area contributed by atoms with Crippen molar-refractivity contribution in [2.24, 2.45) is 0 Å². The average Bonchev–Trinajstić information content (AvgIpc) is 3.29. The van der Waals surface area contributed by atoms with E-state index in [0.717, 1.165) is 36.8 Å². The van der Waals surface area contributed by atoms with Gasteiger partial charge in [0.25, 0.3) is 0 Å². The molecule has 2 rings (SSSR count). The smallest absolute Gasteiger partial charge is 0.239 e. The molecule has 0 unspecified atom stereocenters. The summed E-state index contributed by atoms with van der Waals surface area (Å²) in [6.07, 6.45) is 2.32. The highest BCUT2D eigenvalue weighted by Crippen LogP contribution is 2.39. The van der Waals surface area contributed by atoms with Crippen molar-refractivity contribution in [2.45, 2.75) is 32.6 Å². The van der Waals surface area contributed by atoms with Crippen LogP contribution in [0.25, 0.3) is 0 Å². The van der Waals surface area contributed by atoms with E-state index in [-0.39, 0.29) is 5.91 Å². The fourth-order valence-corrected chi connectivity index (χ4v) is 2.05. The van der Waals surface area contributed by atoms with Crippen LogP contribution in [0.2, 0.25) is 0 Å². The van der Waals surface area contributed by atoms with Gasteiger partial charge in [-0.05, 0) is 26.7 Å². The van der Waals surface area contributed by atoms with Gasteiger partial charge in [0.05, 0.1) is 6.54 Å². The number of anilines is 2. The van der Waals surface area contributed by atoms with Crippen LogP contribution in [0.1, 0.15) is 38.4 Å². The van der Waals surface area contributed by atoms with Crippen LogP contribution in [0.3, 0.4) is 0 Å². The third-order valence-electron chi connectivity index (χ3n) is 3.34. The highest BCUT2D eigenvalue weighted by atomic mass is 16.2. The Bertz CT molecular complexity index is 473. The molecule has 0 bridgehead atoms. The largest absolute Gasteiger partial charge is 0.373 e. The quantitative estimate of drug-likeness (QED) is 0.787. The second kappa shape index (κ2) is 6.54. The van der Waals surface area contributed by atoms with Gasteiger partial charge in [-0.3, -0.25) is 4.79 Å². The maximum absolute atomic E-state index is 11.8. The predicted octanol–water partition coefficient (Wildman–Crippen LogP) is 1.36. The number of carbonyl (C=O) groups is 1. The minimum atomic E-state index is 0.0203. The Morgan fingerprint density at radius 2 is 2.15 bits per heavy atom. The molecule has 6 heteroatoms. The molecule has 6 nitrogen and oxygen atoms in total. The summed E-state index contributed by atoms with van der Waals surface area (Å²) < 4.78 is 0. The number of nitrogens with zero attached hydrogens (tertiary/aromatic N) is 3. The summed E-state index contributed by atoms with van der Waals surface area (Å²) in [5, 5.41) is 5.89. The second-order valence-electron chi connectivity index (χ2n) is 4.96. The molecule has 1 fully saturated rings. The van der Waals surface area contributed by atoms with E-state index in [1.54, 1.807) is 0 Å². The fraction of sp³-hybridized carbons (Fsp3) is 0.643. The van der Waals surface area contributed by atoms with Crippen LogP contribution < -0.4 is 15.5 Å². The van der Waals surface area contributed by atoms with E-state index in [9.17, 15) is 4.79 Å². The Labute approximate surface area is 120 Å². The number of rotatable bonds is 7. The van der Waals surface area contributed by atoms with E-state index in [1.807, 2.05) is 31.9 Å². The van der Waals surface area contributed by atoms with E-state index in [4.69, 9.17) is 0 Å². The van der Waals surface area contributed by atoms with Crippen molar-refractivity contribution in [3.05, 3.63) is 11.9 Å². The minimum Gasteiger partial charge on any atom is -0.373 e. The van der Waals surface area contributed by atoms with E-state index >= 15 is 0 Å². The molecule has 1 saturated carbocycles. The highest BCUT2D eigenvalue weighted by molar-refractivity contribution is 5.81. The van der Waals surface area contributed by atoms with Gasteiger partial charge in [-0.25, -0.2) is 9.97 Å². The summed E-state index contributed by atoms with van der Waals surface area (Å²) in [5.41, 5.74) is 0. The van der Waals surface area contributed by atoms with Crippen molar-refractivity contribution < 1.29 is 4.79 Å². The lowest BCUT2D eigenvalue weighted by Crippen LogP contribution is -2.37. The third-order valence-corrected chi connectivity index (χ3v) is 3.34. The van der Waals surface area contributed by atoms with Crippen LogP contribution >= 0.6 is 0 Å². The number of likely N-dealkylation sites (N-methyl/N-ethyl adjacent to an activating group) is 2. The SMILES string of the molecule is CCNC(=O)CN(CC)c1cc(NC)nc(C2CC2)n1. The number of amides is 1. The zero-order chi connectivity index (χ0) is 14.5. The van der Waals surface area contributed by atoms with Gasteiger partial charge in [-0.15, -0.1) is 0 Å². The van der Waals surface area contributed by atoms with Crippen molar-refractivity contribution in [1.82, 2.24) is 15.3 Å². The number of carbonyl (C=O) groups excluding carboxylic acids is 1. The molecular formula is C14H23N5O. The molecule has 110 valence electrons. The first-order valence-corrected chi connectivity index (χ1v) is 7.26. The second-order valence-corrected chi connectivity index (χ2v) is 4.96. The molecule has 2 N–H and O–H groups in total. The molecule has 1 aliphatic rings. The summed E-state index contributed by atoms with van der Waals surface area (Å²) in [6.45, 7) is 5.66. The van der Waals surface area contributed by atoms with Gasteiger partial charge in [-0.1, -0.05) is 0 Å². The lowest BCUT2D eigenvalue weighted by atomic mass is 10.3. The van der Waals surface area contributed by atoms with Crippen LogP contribution in [0.15, 0.2) is 6.07 Å². The molecule has 1 heterocycles. The molecule has 0 aromatic carbocycles. The van der Waals surface area contributed by atoms with Gasteiger partial charge in [0.2, 0.25) is 5.91 Å². The highest BCUT2D eigenvalue weighted by Gasteiger charge is 2.28. The van der Waals surface area contributed by atoms with Crippen LogP contribution in [-0.2, 0) is 4.79 Å². The zero-order valence-electron chi connectivity index (χ0n) is 12.4. The summed E-state index contributed by atoms with van der Waals surface area (Å²) >= 11 is 0. The summed E-state index contributed by atoms with van der Waals surface area (Å²) in [6, 6.07) is 1.90. The maximum atomic E-state index is 11.8. The first-order chi connectivity index (χ1) is 9.67. The van der Waals surface area contributed by atoms with Gasteiger partial charge in [-0.2, -0.15) is 0 Å². The van der Waals surface area contributed by atoms with Crippen molar-refractivity contribution in [3.63, 3.8) is 0 Å². The summed E-state index contributed by atoms with van der Waals surface area (Å²) in [5.74, 6) is 3.03. The number of hydrogen-bond donors (Lipinski definition) is 2. The van der Waals surface area contributed by atoms with Crippen LogP contribution in [0.5, 0.6) is 0 Å². The first-order valence-electron chi connectivity index (χ1n) is 7.26. The minimum absolute atomic E-state index is 0.0203. The van der Waals surface area contributed by atoms with Crippen LogP contribution in [-0.4, -0.2) is 42.6 Å². The number of hydrogen-bond acceptors (Lipinski definition) is 5. The van der Waals surface area contributed by atoms with Gasteiger partial charge < -0.3 is 15.5 Å². The van der Waals surface area contributed by atoms with Crippen LogP contribution in [0, 0.1) is 0 Å². The topological polar surface area (TPSA) is 70.2 Å². The molecule has 20 heavy (non-hydrogen) atoms. The van der Waals surface area contributed by atoms with E-state index < -0.39 is 0 Å². The van der Waals surface area contributed by atoms with E-state index in [2.05, 4.69) is 20.6 Å². The van der Waals surface area contributed by atoms with Crippen molar-refractivity contribution in [1.29, 1.82) is 0 Å². The normalized spacial score (nSPS) is 13.9. The molecule has 0 atom stereocenters. The first kappa shape index (κ1) is 14.6. The van der Waals surface area contributed by atoms with Crippen molar-refractivity contribution >= 4 is 17.5 Å². The monoisotopic (exact) mass is 277 g/mol. The van der Waals surface area contributed by atoms with Crippen molar-refractivity contribution in [3.8, 4) is 0 Å². The molecule has 0 spiro atoms. The fourth-order valence-electron chi connectivity index (χ4n) is 2.05. The standard InChI is InChI=1S/C14H23N5O/c1-4-16-13(20)9-19(5-2)12-8-11(15-3)17-14(18-12)10-6-7-10/h8,10H,4-7,9H2,1-3H3,(H,16,20)(H,15,17,18). The molecule has 1 aliphatic carbocycles. The van der Waals surface area contributed by atoms with Gasteiger partial charge in [0.15, 0.2) is 0 Å². The van der Waals surface area contributed by atoms with Crippen LogP contribution in [0.4, 0.5) is 11.6 Å². The molecule has 1 amide bonds. The summed E-state index contributed by atoms with van der Waals surface area (Å²) in [4.78, 5) is 22.9. The molecule has 0 aliphatic heterocycles. The van der Waals surface area contributed by atoms with E-state index in [0.29, 0.717) is 19.0 Å².